The number of benzene rings is 2. The minimum Gasteiger partial charge on any atom is -0.345 e. The van der Waals surface area contributed by atoms with Gasteiger partial charge in [-0.05, 0) is 30.5 Å². The molecule has 33 heavy (non-hydrogen) atoms. The third-order valence-corrected chi connectivity index (χ3v) is 6.39. The van der Waals surface area contributed by atoms with Gasteiger partial charge in [0, 0.05) is 6.92 Å². The summed E-state index contributed by atoms with van der Waals surface area (Å²) in [5.74, 6) is 0.471. The Kier molecular flexibility index (Phi) is 7.08. The average molecular weight is 467 g/mol. The van der Waals surface area contributed by atoms with Gasteiger partial charge < -0.3 is 15.2 Å². The zero-order chi connectivity index (χ0) is 23.3. The van der Waals surface area contributed by atoms with Crippen molar-refractivity contribution < 1.29 is 14.1 Å². The Bertz CT molecular complexity index is 1110. The molecule has 3 aromatic rings. The van der Waals surface area contributed by atoms with Gasteiger partial charge in [0.15, 0.2) is 5.82 Å². The van der Waals surface area contributed by atoms with Crippen LogP contribution in [0.1, 0.15) is 72.2 Å². The quantitative estimate of drug-likeness (QED) is 0.517. The summed E-state index contributed by atoms with van der Waals surface area (Å²) in [6.45, 7) is 1.74. The van der Waals surface area contributed by atoms with E-state index in [-0.39, 0.29) is 18.2 Å². The maximum atomic E-state index is 13.3. The predicted molar refractivity (Wildman–Crippen MR) is 125 cm³/mol. The van der Waals surface area contributed by atoms with E-state index in [0.29, 0.717) is 22.3 Å². The molecule has 1 atom stereocenters. The minimum atomic E-state index is -0.652. The fourth-order valence-corrected chi connectivity index (χ4v) is 4.60. The number of nitrogens with one attached hydrogen (secondary N) is 2. The Morgan fingerprint density at radius 2 is 1.76 bits per heavy atom. The number of rotatable bonds is 7. The van der Waals surface area contributed by atoms with Gasteiger partial charge in [-0.1, -0.05) is 78.5 Å². The lowest BCUT2D eigenvalue weighted by Gasteiger charge is -2.35. The highest BCUT2D eigenvalue weighted by Gasteiger charge is 2.40. The van der Waals surface area contributed by atoms with Crippen LogP contribution in [0.5, 0.6) is 0 Å². The van der Waals surface area contributed by atoms with Crippen LogP contribution >= 0.6 is 11.6 Å². The van der Waals surface area contributed by atoms with Crippen LogP contribution in [-0.4, -0.2) is 22.0 Å². The molecule has 1 fully saturated rings. The molecule has 1 aliphatic rings. The highest BCUT2D eigenvalue weighted by atomic mass is 35.5. The molecule has 4 rings (SSSR count). The van der Waals surface area contributed by atoms with Crippen molar-refractivity contribution in [1.29, 1.82) is 0 Å². The topological polar surface area (TPSA) is 97.1 Å². The van der Waals surface area contributed by atoms with Gasteiger partial charge in [-0.2, -0.15) is 4.98 Å². The monoisotopic (exact) mass is 466 g/mol. The van der Waals surface area contributed by atoms with Gasteiger partial charge in [-0.3, -0.25) is 9.59 Å². The van der Waals surface area contributed by atoms with E-state index in [2.05, 4.69) is 20.8 Å². The molecule has 0 saturated heterocycles. The van der Waals surface area contributed by atoms with E-state index in [9.17, 15) is 9.59 Å². The number of amides is 2. The van der Waals surface area contributed by atoms with Crippen molar-refractivity contribution in [1.82, 2.24) is 20.8 Å². The van der Waals surface area contributed by atoms with Crippen molar-refractivity contribution in [2.24, 2.45) is 0 Å². The largest absolute Gasteiger partial charge is 0.345 e. The molecule has 0 radical (unpaired) electrons. The zero-order valence-electron chi connectivity index (χ0n) is 18.5. The van der Waals surface area contributed by atoms with Gasteiger partial charge in [0.25, 0.3) is 5.91 Å². The summed E-state index contributed by atoms with van der Waals surface area (Å²) in [5, 5.41) is 10.6. The van der Waals surface area contributed by atoms with Crippen LogP contribution in [0.2, 0.25) is 5.02 Å². The third kappa shape index (κ3) is 5.42. The highest BCUT2D eigenvalue weighted by Crippen LogP contribution is 2.36. The Morgan fingerprint density at radius 3 is 2.42 bits per heavy atom. The molecule has 2 N–H and O–H groups in total. The summed E-state index contributed by atoms with van der Waals surface area (Å²) in [6.07, 6.45) is 4.62. The summed E-state index contributed by atoms with van der Waals surface area (Å²) >= 11 is 6.21. The molecular weight excluding hydrogens is 440 g/mol. The van der Waals surface area contributed by atoms with E-state index in [4.69, 9.17) is 16.1 Å². The van der Waals surface area contributed by atoms with Crippen LogP contribution in [0.15, 0.2) is 59.1 Å². The second-order valence-corrected chi connectivity index (χ2v) is 8.86. The van der Waals surface area contributed by atoms with Crippen molar-refractivity contribution in [3.05, 3.63) is 82.5 Å². The molecular formula is C25H27ClN4O3. The fourth-order valence-electron chi connectivity index (χ4n) is 4.38. The van der Waals surface area contributed by atoms with Crippen LogP contribution in [0, 0.1) is 6.92 Å². The van der Waals surface area contributed by atoms with E-state index in [1.54, 1.807) is 31.2 Å². The predicted octanol–water partition coefficient (Wildman–Crippen LogP) is 4.87. The lowest BCUT2D eigenvalue weighted by Crippen LogP contribution is -2.49. The second-order valence-electron chi connectivity index (χ2n) is 8.45. The molecule has 8 heteroatoms. The van der Waals surface area contributed by atoms with Gasteiger partial charge in [-0.25, -0.2) is 0 Å². The Hall–Kier alpha value is -3.19. The molecule has 172 valence electrons. The van der Waals surface area contributed by atoms with Crippen molar-refractivity contribution in [2.75, 3.05) is 0 Å². The fraction of sp³-hybridized carbons (Fsp3) is 0.360. The molecule has 2 aromatic carbocycles. The van der Waals surface area contributed by atoms with E-state index in [0.717, 1.165) is 37.7 Å². The van der Waals surface area contributed by atoms with Gasteiger partial charge in [0.1, 0.15) is 5.54 Å². The minimum absolute atomic E-state index is 0.0682. The molecule has 1 aliphatic carbocycles. The Labute approximate surface area is 197 Å². The molecule has 7 nitrogen and oxygen atoms in total. The standard InChI is InChI=1S/C25H27ClN4O3/c1-17-27-24(30-33-17)25(14-8-3-9-15-25)29-22(31)16-21(18-10-4-2-5-11-18)28-23(32)19-12-6-7-13-20(19)26/h2,4-7,10-13,21H,3,8-9,14-16H2,1H3,(H,28,32)(H,29,31). The summed E-state index contributed by atoms with van der Waals surface area (Å²) in [6, 6.07) is 15.8. The molecule has 1 saturated carbocycles. The van der Waals surface area contributed by atoms with Crippen LogP contribution in [0.4, 0.5) is 0 Å². The number of halogens is 1. The summed E-state index contributed by atoms with van der Waals surface area (Å²) in [4.78, 5) is 30.7. The number of hydrogen-bond acceptors (Lipinski definition) is 5. The Morgan fingerprint density at radius 1 is 1.06 bits per heavy atom. The number of hydrogen-bond donors (Lipinski definition) is 2. The molecule has 2 amide bonds. The van der Waals surface area contributed by atoms with Gasteiger partial charge in [0.05, 0.1) is 23.0 Å². The molecule has 1 heterocycles. The number of nitrogens with zero attached hydrogens (tertiary/aromatic N) is 2. The van der Waals surface area contributed by atoms with Crippen molar-refractivity contribution in [3.63, 3.8) is 0 Å². The van der Waals surface area contributed by atoms with Crippen molar-refractivity contribution in [3.8, 4) is 0 Å². The lowest BCUT2D eigenvalue weighted by atomic mass is 9.80. The maximum absolute atomic E-state index is 13.3. The van der Waals surface area contributed by atoms with Crippen LogP contribution in [-0.2, 0) is 10.3 Å². The third-order valence-electron chi connectivity index (χ3n) is 6.06. The van der Waals surface area contributed by atoms with Crippen LogP contribution in [0.25, 0.3) is 0 Å². The van der Waals surface area contributed by atoms with Crippen molar-refractivity contribution >= 4 is 23.4 Å². The normalized spacial score (nSPS) is 16.1. The van der Waals surface area contributed by atoms with Crippen LogP contribution < -0.4 is 10.6 Å². The molecule has 0 bridgehead atoms. The van der Waals surface area contributed by atoms with Gasteiger partial charge in [-0.15, -0.1) is 0 Å². The lowest BCUT2D eigenvalue weighted by molar-refractivity contribution is -0.124. The van der Waals surface area contributed by atoms with Gasteiger partial charge >= 0.3 is 0 Å². The first kappa shape index (κ1) is 23.0. The molecule has 1 unspecified atom stereocenters. The number of carbonyl (C=O) groups is 2. The summed E-state index contributed by atoms with van der Waals surface area (Å²) < 4.78 is 5.21. The SMILES string of the molecule is Cc1nc(C2(NC(=O)CC(NC(=O)c3ccccc3Cl)c3ccccc3)CCCCC2)no1. The number of aryl methyl sites for hydroxylation is 1. The Balaban J connectivity index is 1.54. The molecule has 1 aromatic heterocycles. The molecule has 0 aliphatic heterocycles. The maximum Gasteiger partial charge on any atom is 0.253 e. The van der Waals surface area contributed by atoms with E-state index < -0.39 is 11.6 Å². The van der Waals surface area contributed by atoms with Crippen LogP contribution in [0.3, 0.4) is 0 Å². The second kappa shape index (κ2) is 10.2. The zero-order valence-corrected chi connectivity index (χ0v) is 19.3. The first-order valence-corrected chi connectivity index (χ1v) is 11.6. The molecule has 0 spiro atoms. The summed E-state index contributed by atoms with van der Waals surface area (Å²) in [5.41, 5.74) is 0.550. The highest BCUT2D eigenvalue weighted by molar-refractivity contribution is 6.33. The summed E-state index contributed by atoms with van der Waals surface area (Å²) in [7, 11) is 0. The van der Waals surface area contributed by atoms with Gasteiger partial charge in [0.2, 0.25) is 11.8 Å². The number of carbonyl (C=O) groups excluding carboxylic acids is 2. The average Bonchev–Trinajstić information content (AvgIpc) is 3.27. The first-order chi connectivity index (χ1) is 16.0. The van der Waals surface area contributed by atoms with E-state index in [1.165, 1.54) is 0 Å². The first-order valence-electron chi connectivity index (χ1n) is 11.2. The number of aromatic nitrogens is 2. The van der Waals surface area contributed by atoms with E-state index >= 15 is 0 Å². The van der Waals surface area contributed by atoms with E-state index in [1.807, 2.05) is 30.3 Å². The smallest absolute Gasteiger partial charge is 0.253 e. The van der Waals surface area contributed by atoms with Crippen molar-refractivity contribution in [2.45, 2.75) is 57.0 Å².